The van der Waals surface area contributed by atoms with Gasteiger partial charge in [-0.25, -0.2) is 4.57 Å². The number of carbonyl (C=O) groups excluding carboxylic acids is 2. The molecule has 0 aromatic heterocycles. The van der Waals surface area contributed by atoms with E-state index >= 15 is 0 Å². The molecule has 0 spiro atoms. The van der Waals surface area contributed by atoms with Gasteiger partial charge in [0.05, 0.1) is 18.8 Å². The van der Waals surface area contributed by atoms with Crippen LogP contribution in [0.2, 0.25) is 0 Å². The molecule has 352 valence electrons. The largest absolute Gasteiger partial charge is 0.472 e. The molecular weight excluding hydrogens is 811 g/mol. The molecule has 0 aromatic carbocycles. The molecule has 15 nitrogen and oxygen atoms in total. The number of rotatable bonds is 35. The van der Waals surface area contributed by atoms with Gasteiger partial charge >= 0.3 is 19.8 Å². The van der Waals surface area contributed by atoms with E-state index in [0.29, 0.717) is 12.8 Å². The number of allylic oxidation sites excluding steroid dienone is 7. The lowest BCUT2D eigenvalue weighted by Crippen LogP contribution is -2.64. The summed E-state index contributed by atoms with van der Waals surface area (Å²) in [4.78, 5) is 35.7. The maximum Gasteiger partial charge on any atom is 0.472 e. The van der Waals surface area contributed by atoms with E-state index in [-0.39, 0.29) is 25.7 Å². The van der Waals surface area contributed by atoms with E-state index in [2.05, 4.69) is 26.0 Å². The maximum atomic E-state index is 12.8. The molecule has 1 rings (SSSR count). The number of hydrogen-bond acceptors (Lipinski definition) is 14. The van der Waals surface area contributed by atoms with Gasteiger partial charge in [-0.05, 0) is 38.5 Å². The molecule has 8 N–H and O–H groups in total. The van der Waals surface area contributed by atoms with Gasteiger partial charge in [-0.2, -0.15) is 0 Å². The molecule has 1 aliphatic rings. The van der Waals surface area contributed by atoms with E-state index < -0.39 is 87.9 Å². The fourth-order valence-corrected chi connectivity index (χ4v) is 7.38. The number of phosphoric ester groups is 1. The average Bonchev–Trinajstić information content (AvgIpc) is 3.23. The lowest BCUT2D eigenvalue weighted by Gasteiger charge is -2.41. The van der Waals surface area contributed by atoms with Crippen molar-refractivity contribution in [1.82, 2.24) is 0 Å². The number of aliphatic hydroxyl groups is 7. The van der Waals surface area contributed by atoms with E-state index in [9.17, 15) is 54.8 Å². The standard InChI is InChI=1S/C45H77O15P/c1-3-5-7-9-11-12-13-14-15-16-17-19-25-31-38(48)57-33-37(34-58-61(55,56)60-45-43(53)41(51)40(50)42(52)44(45)54)59-39(49)32-26-30-36(47)29-24-21-20-23-28-35(46)27-22-18-10-8-6-4-2/h6,8,18,20-24,28-29,35-37,40-47,50-54H,3-5,7,9-17,19,25-27,30-34H2,1-2H3,(H,55,56)/b8-6-,21-20-,22-18-,28-23+,29-24+. The van der Waals surface area contributed by atoms with Crippen LogP contribution in [0.3, 0.4) is 0 Å². The molecule has 0 aromatic rings. The normalized spacial score (nSPS) is 23.6. The van der Waals surface area contributed by atoms with E-state index in [4.69, 9.17) is 18.5 Å². The number of phosphoric acid groups is 1. The van der Waals surface area contributed by atoms with Gasteiger partial charge in [0.15, 0.2) is 6.10 Å². The summed E-state index contributed by atoms with van der Waals surface area (Å²) >= 11 is 0. The summed E-state index contributed by atoms with van der Waals surface area (Å²) in [5.41, 5.74) is 0. The molecule has 8 unspecified atom stereocenters. The van der Waals surface area contributed by atoms with E-state index in [1.54, 1.807) is 30.4 Å². The van der Waals surface area contributed by atoms with Gasteiger partial charge < -0.3 is 50.1 Å². The number of unbranched alkanes of at least 4 members (excludes halogenated alkanes) is 12. The van der Waals surface area contributed by atoms with Crippen LogP contribution in [0.15, 0.2) is 60.8 Å². The zero-order valence-electron chi connectivity index (χ0n) is 36.4. The lowest BCUT2D eigenvalue weighted by molar-refractivity contribution is -0.220. The number of esters is 2. The predicted molar refractivity (Wildman–Crippen MR) is 233 cm³/mol. The number of aliphatic hydroxyl groups excluding tert-OH is 7. The molecule has 0 heterocycles. The molecule has 1 fully saturated rings. The van der Waals surface area contributed by atoms with E-state index in [1.807, 2.05) is 12.2 Å². The van der Waals surface area contributed by atoms with Crippen molar-refractivity contribution < 1.29 is 73.3 Å². The lowest BCUT2D eigenvalue weighted by atomic mass is 9.85. The summed E-state index contributed by atoms with van der Waals surface area (Å²) in [7, 11) is -5.19. The summed E-state index contributed by atoms with van der Waals surface area (Å²) in [6, 6.07) is 0. The van der Waals surface area contributed by atoms with E-state index in [1.165, 1.54) is 57.4 Å². The Balaban J connectivity index is 2.61. The average molecular weight is 889 g/mol. The highest BCUT2D eigenvalue weighted by molar-refractivity contribution is 7.47. The zero-order chi connectivity index (χ0) is 45.3. The van der Waals surface area contributed by atoms with Gasteiger partial charge in [0.25, 0.3) is 0 Å². The van der Waals surface area contributed by atoms with Crippen molar-refractivity contribution in [1.29, 1.82) is 0 Å². The van der Waals surface area contributed by atoms with Crippen LogP contribution in [0.25, 0.3) is 0 Å². The Hall–Kier alpha value is -2.53. The second-order valence-electron chi connectivity index (χ2n) is 15.6. The molecule has 0 saturated heterocycles. The number of hydrogen-bond donors (Lipinski definition) is 8. The first kappa shape index (κ1) is 56.5. The van der Waals surface area contributed by atoms with Crippen LogP contribution in [0.1, 0.15) is 142 Å². The fraction of sp³-hybridized carbons (Fsp3) is 0.733. The van der Waals surface area contributed by atoms with Crippen molar-refractivity contribution in [2.45, 2.75) is 197 Å². The van der Waals surface area contributed by atoms with Crippen molar-refractivity contribution >= 4 is 19.8 Å². The molecule has 0 aliphatic heterocycles. The minimum absolute atomic E-state index is 0.114. The minimum atomic E-state index is -5.19. The summed E-state index contributed by atoms with van der Waals surface area (Å²) < 4.78 is 33.3. The van der Waals surface area contributed by atoms with Gasteiger partial charge in [-0.15, -0.1) is 0 Å². The Morgan fingerprint density at radius 2 is 1.11 bits per heavy atom. The van der Waals surface area contributed by atoms with Gasteiger partial charge in [0.2, 0.25) is 0 Å². The predicted octanol–water partition coefficient (Wildman–Crippen LogP) is 6.11. The Morgan fingerprint density at radius 1 is 0.607 bits per heavy atom. The zero-order valence-corrected chi connectivity index (χ0v) is 37.3. The molecule has 1 saturated carbocycles. The van der Waals surface area contributed by atoms with Gasteiger partial charge in [0, 0.05) is 12.8 Å². The Kier molecular flexibility index (Phi) is 32.3. The van der Waals surface area contributed by atoms with Crippen LogP contribution in [-0.4, -0.2) is 121 Å². The van der Waals surface area contributed by atoms with Crippen molar-refractivity contribution in [3.05, 3.63) is 60.8 Å². The van der Waals surface area contributed by atoms with E-state index in [0.717, 1.165) is 38.5 Å². The second kappa shape index (κ2) is 34.9. The van der Waals surface area contributed by atoms with Gasteiger partial charge in [0.1, 0.15) is 43.2 Å². The minimum Gasteiger partial charge on any atom is -0.462 e. The molecule has 0 radical (unpaired) electrons. The van der Waals surface area contributed by atoms with Crippen molar-refractivity contribution in [2.24, 2.45) is 0 Å². The topological polar surface area (TPSA) is 250 Å². The van der Waals surface area contributed by atoms with Crippen LogP contribution >= 0.6 is 7.82 Å². The third kappa shape index (κ3) is 28.0. The highest BCUT2D eigenvalue weighted by Crippen LogP contribution is 2.47. The monoisotopic (exact) mass is 889 g/mol. The first-order valence-corrected chi connectivity index (χ1v) is 23.8. The van der Waals surface area contributed by atoms with Crippen molar-refractivity contribution in [3.63, 3.8) is 0 Å². The van der Waals surface area contributed by atoms with Crippen LogP contribution in [0, 0.1) is 0 Å². The first-order valence-electron chi connectivity index (χ1n) is 22.3. The maximum absolute atomic E-state index is 12.8. The molecule has 8 atom stereocenters. The quantitative estimate of drug-likeness (QED) is 0.0118. The molecule has 1 aliphatic carbocycles. The fourth-order valence-electron chi connectivity index (χ4n) is 6.41. The summed E-state index contributed by atoms with van der Waals surface area (Å²) in [6.45, 7) is 2.93. The number of carbonyl (C=O) groups is 2. The highest BCUT2D eigenvalue weighted by atomic mass is 31.2. The Bertz CT molecular complexity index is 1330. The van der Waals surface area contributed by atoms with Gasteiger partial charge in [-0.1, -0.05) is 152 Å². The molecule has 0 bridgehead atoms. The Morgan fingerprint density at radius 3 is 1.69 bits per heavy atom. The van der Waals surface area contributed by atoms with Crippen LogP contribution in [-0.2, 0) is 32.7 Å². The molecular formula is C45H77O15P. The highest BCUT2D eigenvalue weighted by Gasteiger charge is 2.51. The SMILES string of the molecule is CC/C=C\C/C=C\CC(O)/C=C/C=C\C=C\C(O)CCCC(=O)OC(COC(=O)CCCCCCCCCCCCCCC)COP(=O)(O)OC1C(O)C(O)C(O)C(O)C1O. The molecule has 16 heteroatoms. The summed E-state index contributed by atoms with van der Waals surface area (Å²) in [6.07, 6.45) is 20.4. The third-order valence-electron chi connectivity index (χ3n) is 10.1. The Labute approximate surface area is 363 Å². The number of ether oxygens (including phenoxy) is 2. The van der Waals surface area contributed by atoms with Crippen LogP contribution in [0.5, 0.6) is 0 Å². The first-order chi connectivity index (χ1) is 29.2. The summed E-state index contributed by atoms with van der Waals surface area (Å²) in [5, 5.41) is 70.4. The van der Waals surface area contributed by atoms with Crippen molar-refractivity contribution in [3.8, 4) is 0 Å². The molecule has 61 heavy (non-hydrogen) atoms. The van der Waals surface area contributed by atoms with Crippen LogP contribution in [0.4, 0.5) is 0 Å². The third-order valence-corrected chi connectivity index (χ3v) is 11.0. The van der Waals surface area contributed by atoms with Gasteiger partial charge in [-0.3, -0.25) is 18.6 Å². The van der Waals surface area contributed by atoms with Crippen molar-refractivity contribution in [2.75, 3.05) is 13.2 Å². The smallest absolute Gasteiger partial charge is 0.462 e. The van der Waals surface area contributed by atoms with Crippen LogP contribution < -0.4 is 0 Å². The molecule has 0 amide bonds. The second-order valence-corrected chi connectivity index (χ2v) is 17.0. The summed E-state index contributed by atoms with van der Waals surface area (Å²) in [5.74, 6) is -1.35.